The van der Waals surface area contributed by atoms with Crippen LogP contribution in [0.5, 0.6) is 0 Å². The van der Waals surface area contributed by atoms with E-state index in [1.807, 2.05) is 23.1 Å². The Morgan fingerprint density at radius 2 is 2.00 bits per heavy atom. The lowest BCUT2D eigenvalue weighted by Gasteiger charge is -2.18. The minimum absolute atomic E-state index is 0.0196. The first kappa shape index (κ1) is 19.8. The van der Waals surface area contributed by atoms with Crippen molar-refractivity contribution in [3.63, 3.8) is 0 Å². The number of anilines is 1. The summed E-state index contributed by atoms with van der Waals surface area (Å²) < 4.78 is 0. The van der Waals surface area contributed by atoms with Crippen molar-refractivity contribution >= 4 is 11.7 Å². The number of hydrogen-bond acceptors (Lipinski definition) is 6. The van der Waals surface area contributed by atoms with Gasteiger partial charge in [0.1, 0.15) is 6.07 Å². The molecule has 1 fully saturated rings. The maximum absolute atomic E-state index is 12.5. The highest BCUT2D eigenvalue weighted by atomic mass is 16.3. The molecule has 1 aliphatic rings. The molecule has 0 radical (unpaired) electrons. The van der Waals surface area contributed by atoms with Gasteiger partial charge in [-0.05, 0) is 29.2 Å². The van der Waals surface area contributed by atoms with Gasteiger partial charge >= 0.3 is 0 Å². The standard InChI is InChI=1S/C21H25N5O2/c1-14(2)16-5-3-15(4-6-16)9-21(28)23-19-12-26(11-17(19)13-27)20-8-7-18(10-22)24-25-20/h3-8,14,17,19,27H,9,11-13H2,1-2H3,(H,23,28)/t17-,19-/m0/s1. The normalized spacial score (nSPS) is 18.9. The first-order valence-corrected chi connectivity index (χ1v) is 9.48. The van der Waals surface area contributed by atoms with Crippen LogP contribution in [0.25, 0.3) is 0 Å². The number of benzene rings is 1. The molecule has 28 heavy (non-hydrogen) atoms. The number of carbonyl (C=O) groups is 1. The van der Waals surface area contributed by atoms with E-state index in [2.05, 4.69) is 41.5 Å². The number of rotatable bonds is 6. The van der Waals surface area contributed by atoms with Gasteiger partial charge in [-0.25, -0.2) is 0 Å². The summed E-state index contributed by atoms with van der Waals surface area (Å²) in [5, 5.41) is 29.5. The molecule has 2 heterocycles. The average Bonchev–Trinajstić information content (AvgIpc) is 3.11. The number of aliphatic hydroxyl groups is 1. The molecule has 7 heteroatoms. The van der Waals surface area contributed by atoms with Crippen LogP contribution < -0.4 is 10.2 Å². The molecule has 0 aliphatic carbocycles. The maximum Gasteiger partial charge on any atom is 0.224 e. The maximum atomic E-state index is 12.5. The van der Waals surface area contributed by atoms with Gasteiger partial charge in [0.25, 0.3) is 0 Å². The van der Waals surface area contributed by atoms with E-state index in [1.165, 1.54) is 5.56 Å². The highest BCUT2D eigenvalue weighted by Crippen LogP contribution is 2.22. The van der Waals surface area contributed by atoms with Crippen LogP contribution in [0.1, 0.15) is 36.6 Å². The van der Waals surface area contributed by atoms with E-state index in [-0.39, 0.29) is 30.2 Å². The van der Waals surface area contributed by atoms with Crippen LogP contribution in [0, 0.1) is 17.2 Å². The van der Waals surface area contributed by atoms with Gasteiger partial charge in [-0.3, -0.25) is 4.79 Å². The Balaban J connectivity index is 1.60. The summed E-state index contributed by atoms with van der Waals surface area (Å²) in [4.78, 5) is 14.5. The molecular formula is C21H25N5O2. The molecule has 2 N–H and O–H groups in total. The topological polar surface area (TPSA) is 102 Å². The zero-order valence-electron chi connectivity index (χ0n) is 16.2. The smallest absolute Gasteiger partial charge is 0.224 e. The lowest BCUT2D eigenvalue weighted by Crippen LogP contribution is -2.42. The minimum Gasteiger partial charge on any atom is -0.396 e. The van der Waals surface area contributed by atoms with Crippen LogP contribution in [-0.2, 0) is 11.2 Å². The summed E-state index contributed by atoms with van der Waals surface area (Å²) in [5.74, 6) is 0.958. The van der Waals surface area contributed by atoms with Gasteiger partial charge in [-0.15, -0.1) is 10.2 Å². The lowest BCUT2D eigenvalue weighted by atomic mass is 10.0. The average molecular weight is 379 g/mol. The van der Waals surface area contributed by atoms with Crippen LogP contribution >= 0.6 is 0 Å². The Labute approximate surface area is 165 Å². The summed E-state index contributed by atoms with van der Waals surface area (Å²) in [6.07, 6.45) is 0.309. The molecule has 3 rings (SSSR count). The number of aromatic nitrogens is 2. The Morgan fingerprint density at radius 3 is 2.57 bits per heavy atom. The van der Waals surface area contributed by atoms with Gasteiger partial charge in [-0.2, -0.15) is 5.26 Å². The second-order valence-electron chi connectivity index (χ2n) is 7.48. The molecular weight excluding hydrogens is 354 g/mol. The molecule has 1 saturated heterocycles. The molecule has 0 saturated carbocycles. The zero-order valence-corrected chi connectivity index (χ0v) is 16.2. The summed E-state index contributed by atoms with van der Waals surface area (Å²) >= 11 is 0. The third-order valence-corrected chi connectivity index (χ3v) is 5.12. The van der Waals surface area contributed by atoms with E-state index in [4.69, 9.17) is 5.26 Å². The van der Waals surface area contributed by atoms with Gasteiger partial charge in [0.05, 0.1) is 12.5 Å². The lowest BCUT2D eigenvalue weighted by molar-refractivity contribution is -0.121. The summed E-state index contributed by atoms with van der Waals surface area (Å²) in [6.45, 7) is 5.38. The van der Waals surface area contributed by atoms with Crippen LogP contribution in [0.3, 0.4) is 0 Å². The fourth-order valence-electron chi connectivity index (χ4n) is 3.42. The van der Waals surface area contributed by atoms with Gasteiger partial charge in [0, 0.05) is 25.6 Å². The molecule has 7 nitrogen and oxygen atoms in total. The first-order valence-electron chi connectivity index (χ1n) is 9.48. The van der Waals surface area contributed by atoms with Crippen LogP contribution in [0.2, 0.25) is 0 Å². The molecule has 0 spiro atoms. The number of nitrogens with zero attached hydrogens (tertiary/aromatic N) is 4. The molecule has 2 aromatic rings. The van der Waals surface area contributed by atoms with Crippen LogP contribution in [0.4, 0.5) is 5.82 Å². The fraction of sp³-hybridized carbons (Fsp3) is 0.429. The first-order chi connectivity index (χ1) is 13.5. The Hall–Kier alpha value is -2.98. The van der Waals surface area contributed by atoms with Gasteiger partial charge in [0.2, 0.25) is 5.91 Å². The molecule has 1 aliphatic heterocycles. The minimum atomic E-state index is -0.162. The fourth-order valence-corrected chi connectivity index (χ4v) is 3.42. The highest BCUT2D eigenvalue weighted by molar-refractivity contribution is 5.79. The molecule has 1 aromatic carbocycles. The van der Waals surface area contributed by atoms with Crippen molar-refractivity contribution in [3.05, 3.63) is 53.2 Å². The number of nitrogens with one attached hydrogen (secondary N) is 1. The monoisotopic (exact) mass is 379 g/mol. The van der Waals surface area contributed by atoms with Crippen molar-refractivity contribution in [1.82, 2.24) is 15.5 Å². The SMILES string of the molecule is CC(C)c1ccc(CC(=O)N[C@H]2CN(c3ccc(C#N)nn3)C[C@H]2CO)cc1. The van der Waals surface area contributed by atoms with E-state index < -0.39 is 0 Å². The van der Waals surface area contributed by atoms with E-state index in [0.717, 1.165) is 5.56 Å². The molecule has 0 bridgehead atoms. The number of amides is 1. The molecule has 0 unspecified atom stereocenters. The highest BCUT2D eigenvalue weighted by Gasteiger charge is 2.34. The predicted octanol–water partition coefficient (Wildman–Crippen LogP) is 1.63. The van der Waals surface area contributed by atoms with Crippen LogP contribution in [0.15, 0.2) is 36.4 Å². The molecule has 2 atom stereocenters. The third-order valence-electron chi connectivity index (χ3n) is 5.12. The number of hydrogen-bond donors (Lipinski definition) is 2. The third kappa shape index (κ3) is 4.65. The van der Waals surface area contributed by atoms with Gasteiger partial charge < -0.3 is 15.3 Å². The van der Waals surface area contributed by atoms with E-state index in [0.29, 0.717) is 31.2 Å². The summed E-state index contributed by atoms with van der Waals surface area (Å²) in [5.41, 5.74) is 2.48. The number of nitriles is 1. The largest absolute Gasteiger partial charge is 0.396 e. The van der Waals surface area contributed by atoms with Crippen molar-refractivity contribution < 1.29 is 9.90 Å². The van der Waals surface area contributed by atoms with Gasteiger partial charge in [-0.1, -0.05) is 38.1 Å². The predicted molar refractivity (Wildman–Crippen MR) is 106 cm³/mol. The molecule has 1 amide bonds. The zero-order chi connectivity index (χ0) is 20.1. The second kappa shape index (κ2) is 8.81. The number of carbonyl (C=O) groups excluding carboxylic acids is 1. The summed E-state index contributed by atoms with van der Waals surface area (Å²) in [6, 6.07) is 13.2. The Kier molecular flexibility index (Phi) is 6.22. The molecule has 146 valence electrons. The Morgan fingerprint density at radius 1 is 1.25 bits per heavy atom. The van der Waals surface area contributed by atoms with Crippen molar-refractivity contribution in [2.75, 3.05) is 24.6 Å². The van der Waals surface area contributed by atoms with Crippen molar-refractivity contribution in [1.29, 1.82) is 5.26 Å². The molecule has 1 aromatic heterocycles. The van der Waals surface area contributed by atoms with E-state index in [1.54, 1.807) is 12.1 Å². The van der Waals surface area contributed by atoms with Crippen LogP contribution in [-0.4, -0.2) is 46.9 Å². The van der Waals surface area contributed by atoms with Gasteiger partial charge in [0.15, 0.2) is 11.5 Å². The van der Waals surface area contributed by atoms with Crippen molar-refractivity contribution in [2.45, 2.75) is 32.2 Å². The van der Waals surface area contributed by atoms with E-state index >= 15 is 0 Å². The van der Waals surface area contributed by atoms with Crippen molar-refractivity contribution in [2.24, 2.45) is 5.92 Å². The summed E-state index contributed by atoms with van der Waals surface area (Å²) in [7, 11) is 0. The van der Waals surface area contributed by atoms with Crippen molar-refractivity contribution in [3.8, 4) is 6.07 Å². The van der Waals surface area contributed by atoms with E-state index in [9.17, 15) is 9.90 Å². The quantitative estimate of drug-likeness (QED) is 0.791. The Bertz CT molecular complexity index is 843. The second-order valence-corrected chi connectivity index (χ2v) is 7.48. The number of aliphatic hydroxyl groups excluding tert-OH is 1.